The number of benzene rings is 2. The van der Waals surface area contributed by atoms with E-state index >= 15 is 0 Å². The molecule has 1 heterocycles. The lowest BCUT2D eigenvalue weighted by Crippen LogP contribution is -2.21. The van der Waals surface area contributed by atoms with Gasteiger partial charge in [-0.3, -0.25) is 9.59 Å². The first kappa shape index (κ1) is 18.5. The van der Waals surface area contributed by atoms with E-state index in [0.717, 1.165) is 17.3 Å². The lowest BCUT2D eigenvalue weighted by Gasteiger charge is -2.08. The molecular weight excluding hydrogens is 393 g/mol. The summed E-state index contributed by atoms with van der Waals surface area (Å²) in [6.45, 7) is 0.378. The molecule has 0 unspecified atom stereocenters. The zero-order valence-corrected chi connectivity index (χ0v) is 15.7. The summed E-state index contributed by atoms with van der Waals surface area (Å²) in [5.41, 5.74) is 1.43. The molecule has 0 aromatic heterocycles. The van der Waals surface area contributed by atoms with Crippen LogP contribution in [0.15, 0.2) is 64.5 Å². The van der Waals surface area contributed by atoms with E-state index in [4.69, 9.17) is 23.2 Å². The van der Waals surface area contributed by atoms with Gasteiger partial charge in [0.05, 0.1) is 20.6 Å². The van der Waals surface area contributed by atoms with Gasteiger partial charge >= 0.3 is 0 Å². The molecule has 26 heavy (non-hydrogen) atoms. The molecule has 2 aromatic carbocycles. The monoisotopic (exact) mass is 405 g/mol. The predicted octanol–water partition coefficient (Wildman–Crippen LogP) is 4.24. The van der Waals surface area contributed by atoms with Gasteiger partial charge in [-0.1, -0.05) is 59.6 Å². The highest BCUT2D eigenvalue weighted by Gasteiger charge is 2.24. The van der Waals surface area contributed by atoms with Gasteiger partial charge in [-0.2, -0.15) is 4.99 Å². The topological polar surface area (TPSA) is 70.6 Å². The second-order valence-electron chi connectivity index (χ2n) is 5.26. The average Bonchev–Trinajstić information content (AvgIpc) is 2.97. The number of amides is 2. The van der Waals surface area contributed by atoms with Crippen molar-refractivity contribution in [3.8, 4) is 0 Å². The van der Waals surface area contributed by atoms with Crippen LogP contribution >= 0.6 is 35.0 Å². The summed E-state index contributed by atoms with van der Waals surface area (Å²) in [4.78, 5) is 28.1. The van der Waals surface area contributed by atoms with Gasteiger partial charge in [0.25, 0.3) is 5.91 Å². The standard InChI is InChI=1S/C18H13Cl2N3O2S/c19-12-7-4-8-13(20)16(12)22-18-23-17(25)14(26-18)9-15(24)21-10-11-5-2-1-3-6-11/h1-9H,10H2,(H,21,24)(H,22,23,25)/b14-9-. The number of aliphatic imine (C=N–C) groups is 1. The fraction of sp³-hybridized carbons (Fsp3) is 0.0556. The predicted molar refractivity (Wildman–Crippen MR) is 106 cm³/mol. The molecule has 0 fully saturated rings. The number of hydrogen-bond donors (Lipinski definition) is 2. The minimum Gasteiger partial charge on any atom is -0.348 e. The Morgan fingerprint density at radius 2 is 1.77 bits per heavy atom. The van der Waals surface area contributed by atoms with Crippen molar-refractivity contribution in [3.63, 3.8) is 0 Å². The van der Waals surface area contributed by atoms with Gasteiger partial charge in [0.2, 0.25) is 5.91 Å². The van der Waals surface area contributed by atoms with Crippen molar-refractivity contribution in [3.05, 3.63) is 75.1 Å². The largest absolute Gasteiger partial charge is 0.348 e. The van der Waals surface area contributed by atoms with E-state index in [-0.39, 0.29) is 10.8 Å². The van der Waals surface area contributed by atoms with Gasteiger partial charge < -0.3 is 10.6 Å². The molecule has 0 spiro atoms. The molecule has 1 aliphatic heterocycles. The second kappa shape index (κ2) is 8.40. The number of thioether (sulfide) groups is 1. The molecule has 0 aliphatic carbocycles. The number of rotatable bonds is 4. The summed E-state index contributed by atoms with van der Waals surface area (Å²) in [5, 5.41) is 6.79. The molecule has 0 bridgehead atoms. The number of para-hydroxylation sites is 1. The number of carbonyl (C=O) groups is 2. The van der Waals surface area contributed by atoms with Crippen LogP contribution < -0.4 is 10.6 Å². The number of nitrogens with zero attached hydrogens (tertiary/aromatic N) is 1. The first-order valence-electron chi connectivity index (χ1n) is 7.58. The molecular formula is C18H13Cl2N3O2S. The third kappa shape index (κ3) is 4.66. The SMILES string of the molecule is O=C(/C=C1\SC(Nc2c(Cl)cccc2Cl)=NC1=O)NCc1ccccc1. The summed E-state index contributed by atoms with van der Waals surface area (Å²) in [7, 11) is 0. The smallest absolute Gasteiger partial charge is 0.286 e. The zero-order valence-electron chi connectivity index (χ0n) is 13.3. The molecule has 0 radical (unpaired) electrons. The lowest BCUT2D eigenvalue weighted by molar-refractivity contribution is -0.117. The summed E-state index contributed by atoms with van der Waals surface area (Å²) >= 11 is 13.2. The van der Waals surface area contributed by atoms with Crippen LogP contribution in [0.5, 0.6) is 0 Å². The minimum atomic E-state index is -0.490. The highest BCUT2D eigenvalue weighted by molar-refractivity contribution is 8.18. The summed E-state index contributed by atoms with van der Waals surface area (Å²) in [6, 6.07) is 14.6. The first-order chi connectivity index (χ1) is 12.5. The van der Waals surface area contributed by atoms with Gasteiger partial charge in [-0.25, -0.2) is 0 Å². The van der Waals surface area contributed by atoms with E-state index < -0.39 is 5.91 Å². The van der Waals surface area contributed by atoms with E-state index in [0.29, 0.717) is 27.4 Å². The maximum atomic E-state index is 12.0. The van der Waals surface area contributed by atoms with Gasteiger partial charge in [0.15, 0.2) is 5.17 Å². The third-order valence-corrected chi connectivity index (χ3v) is 4.92. The van der Waals surface area contributed by atoms with E-state index in [2.05, 4.69) is 15.6 Å². The molecule has 2 N–H and O–H groups in total. The maximum absolute atomic E-state index is 12.0. The summed E-state index contributed by atoms with van der Waals surface area (Å²) in [5.74, 6) is -0.854. The van der Waals surface area contributed by atoms with Crippen LogP contribution in [0.25, 0.3) is 0 Å². The number of hydrogen-bond acceptors (Lipinski definition) is 4. The first-order valence-corrected chi connectivity index (χ1v) is 9.15. The quantitative estimate of drug-likeness (QED) is 0.746. The Morgan fingerprint density at radius 3 is 2.46 bits per heavy atom. The molecule has 3 rings (SSSR count). The molecule has 132 valence electrons. The van der Waals surface area contributed by atoms with E-state index in [1.165, 1.54) is 6.08 Å². The summed E-state index contributed by atoms with van der Waals surface area (Å²) < 4.78 is 0. The Morgan fingerprint density at radius 1 is 1.08 bits per heavy atom. The van der Waals surface area contributed by atoms with E-state index in [9.17, 15) is 9.59 Å². The van der Waals surface area contributed by atoms with Crippen LogP contribution in [0, 0.1) is 0 Å². The molecule has 2 amide bonds. The number of amidine groups is 1. The van der Waals surface area contributed by atoms with Crippen molar-refractivity contribution in [1.29, 1.82) is 0 Å². The molecule has 2 aromatic rings. The van der Waals surface area contributed by atoms with E-state index in [1.807, 2.05) is 30.3 Å². The molecule has 0 saturated carbocycles. The lowest BCUT2D eigenvalue weighted by atomic mass is 10.2. The number of anilines is 1. The fourth-order valence-corrected chi connectivity index (χ4v) is 3.42. The number of halogens is 2. The second-order valence-corrected chi connectivity index (χ2v) is 7.10. The van der Waals surface area contributed by atoms with Crippen molar-refractivity contribution in [2.75, 3.05) is 5.32 Å². The Labute approximate surface area is 164 Å². The fourth-order valence-electron chi connectivity index (χ4n) is 2.14. The molecule has 5 nitrogen and oxygen atoms in total. The molecule has 0 atom stereocenters. The average molecular weight is 406 g/mol. The number of carbonyl (C=O) groups excluding carboxylic acids is 2. The zero-order chi connectivity index (χ0) is 18.5. The van der Waals surface area contributed by atoms with Crippen molar-refractivity contribution in [1.82, 2.24) is 5.32 Å². The van der Waals surface area contributed by atoms with Crippen molar-refractivity contribution < 1.29 is 9.59 Å². The minimum absolute atomic E-state index is 0.223. The Hall–Kier alpha value is -2.28. The van der Waals surface area contributed by atoms with Gasteiger partial charge in [-0.15, -0.1) is 0 Å². The highest BCUT2D eigenvalue weighted by atomic mass is 35.5. The Bertz CT molecular complexity index is 894. The Kier molecular flexibility index (Phi) is 5.98. The van der Waals surface area contributed by atoms with Crippen LogP contribution in [0.3, 0.4) is 0 Å². The Balaban J connectivity index is 1.62. The van der Waals surface area contributed by atoms with Crippen LogP contribution in [0.2, 0.25) is 10.0 Å². The summed E-state index contributed by atoms with van der Waals surface area (Å²) in [6.07, 6.45) is 1.24. The van der Waals surface area contributed by atoms with Crippen molar-refractivity contribution in [2.24, 2.45) is 4.99 Å². The maximum Gasteiger partial charge on any atom is 0.286 e. The van der Waals surface area contributed by atoms with Gasteiger partial charge in [0.1, 0.15) is 0 Å². The van der Waals surface area contributed by atoms with Gasteiger partial charge in [-0.05, 0) is 29.5 Å². The third-order valence-electron chi connectivity index (χ3n) is 3.39. The normalized spacial score (nSPS) is 15.1. The van der Waals surface area contributed by atoms with Crippen LogP contribution in [-0.2, 0) is 16.1 Å². The molecule has 1 aliphatic rings. The van der Waals surface area contributed by atoms with Crippen molar-refractivity contribution in [2.45, 2.75) is 6.54 Å². The van der Waals surface area contributed by atoms with Crippen molar-refractivity contribution >= 4 is 57.6 Å². The van der Waals surface area contributed by atoms with Crippen LogP contribution in [0.1, 0.15) is 5.56 Å². The van der Waals surface area contributed by atoms with Crippen LogP contribution in [0.4, 0.5) is 5.69 Å². The van der Waals surface area contributed by atoms with Gasteiger partial charge in [0, 0.05) is 12.6 Å². The number of nitrogens with one attached hydrogen (secondary N) is 2. The molecule has 0 saturated heterocycles. The van der Waals surface area contributed by atoms with Crippen LogP contribution in [-0.4, -0.2) is 17.0 Å². The van der Waals surface area contributed by atoms with E-state index in [1.54, 1.807) is 18.2 Å². The molecule has 8 heteroatoms. The highest BCUT2D eigenvalue weighted by Crippen LogP contribution is 2.33.